The highest BCUT2D eigenvalue weighted by Gasteiger charge is 2.25. The third kappa shape index (κ3) is 4.07. The minimum Gasteiger partial charge on any atom is -0.372 e. The van der Waals surface area contributed by atoms with Crippen LogP contribution in [0.15, 0.2) is 17.2 Å². The van der Waals surface area contributed by atoms with E-state index in [1.54, 1.807) is 7.05 Å². The monoisotopic (exact) mass is 319 g/mol. The minimum absolute atomic E-state index is 0.0704. The van der Waals surface area contributed by atoms with Gasteiger partial charge < -0.3 is 5.32 Å². The van der Waals surface area contributed by atoms with E-state index in [2.05, 4.69) is 28.9 Å². The van der Waals surface area contributed by atoms with Crippen LogP contribution in [0.25, 0.3) is 0 Å². The molecule has 7 heteroatoms. The van der Waals surface area contributed by atoms with E-state index >= 15 is 0 Å². The molecule has 0 aliphatic heterocycles. The van der Waals surface area contributed by atoms with E-state index in [-0.39, 0.29) is 15.3 Å². The molecule has 0 saturated heterocycles. The van der Waals surface area contributed by atoms with Crippen molar-refractivity contribution in [1.29, 1.82) is 0 Å². The average Bonchev–Trinajstić information content (AvgIpc) is 2.36. The second-order valence-corrected chi connectivity index (χ2v) is 7.89. The van der Waals surface area contributed by atoms with Crippen LogP contribution in [0.2, 0.25) is 5.02 Å². The van der Waals surface area contributed by atoms with Gasteiger partial charge in [-0.25, -0.2) is 18.1 Å². The maximum Gasteiger partial charge on any atom is 0.242 e. The summed E-state index contributed by atoms with van der Waals surface area (Å²) in [5.74, 6) is 0.812. The average molecular weight is 320 g/mol. The second kappa shape index (κ2) is 6.28. The van der Waals surface area contributed by atoms with Crippen molar-refractivity contribution in [1.82, 2.24) is 9.71 Å². The van der Waals surface area contributed by atoms with E-state index in [0.29, 0.717) is 18.3 Å². The Kier molecular flexibility index (Phi) is 5.40. The van der Waals surface area contributed by atoms with Crippen LogP contribution in [-0.2, 0) is 10.0 Å². The third-order valence-electron chi connectivity index (χ3n) is 3.64. The SMILES string of the molecule is CNc1ncc(S(=O)(=O)NCC(C)(C)C(C)C)cc1Cl. The van der Waals surface area contributed by atoms with Crippen molar-refractivity contribution in [2.75, 3.05) is 18.9 Å². The normalized spacial score (nSPS) is 12.8. The molecular weight excluding hydrogens is 298 g/mol. The number of sulfonamides is 1. The summed E-state index contributed by atoms with van der Waals surface area (Å²) in [6.45, 7) is 8.53. The molecule has 0 aliphatic carbocycles. The van der Waals surface area contributed by atoms with Gasteiger partial charge in [0.15, 0.2) is 0 Å². The molecule has 0 aliphatic rings. The van der Waals surface area contributed by atoms with Crippen LogP contribution in [0.4, 0.5) is 5.82 Å². The number of aromatic nitrogens is 1. The van der Waals surface area contributed by atoms with E-state index in [1.807, 2.05) is 13.8 Å². The number of hydrogen-bond donors (Lipinski definition) is 2. The van der Waals surface area contributed by atoms with E-state index in [0.717, 1.165) is 0 Å². The molecule has 0 unspecified atom stereocenters. The van der Waals surface area contributed by atoms with E-state index < -0.39 is 10.0 Å². The molecule has 1 heterocycles. The maximum absolute atomic E-state index is 12.2. The van der Waals surface area contributed by atoms with Gasteiger partial charge in [-0.15, -0.1) is 0 Å². The molecule has 0 fully saturated rings. The van der Waals surface area contributed by atoms with Gasteiger partial charge in [-0.1, -0.05) is 39.3 Å². The Hall–Kier alpha value is -0.850. The number of nitrogens with one attached hydrogen (secondary N) is 2. The third-order valence-corrected chi connectivity index (χ3v) is 5.30. The van der Waals surface area contributed by atoms with E-state index in [4.69, 9.17) is 11.6 Å². The van der Waals surface area contributed by atoms with Gasteiger partial charge in [-0.2, -0.15) is 0 Å². The lowest BCUT2D eigenvalue weighted by atomic mass is 9.81. The molecule has 0 radical (unpaired) electrons. The number of nitrogens with zero attached hydrogens (tertiary/aromatic N) is 1. The Balaban J connectivity index is 2.92. The highest BCUT2D eigenvalue weighted by molar-refractivity contribution is 7.89. The largest absolute Gasteiger partial charge is 0.372 e. The van der Waals surface area contributed by atoms with Gasteiger partial charge >= 0.3 is 0 Å². The summed E-state index contributed by atoms with van der Waals surface area (Å²) < 4.78 is 27.1. The molecule has 20 heavy (non-hydrogen) atoms. The van der Waals surface area contributed by atoms with Crippen LogP contribution in [0.3, 0.4) is 0 Å². The van der Waals surface area contributed by atoms with Gasteiger partial charge in [0.05, 0.1) is 5.02 Å². The first-order valence-electron chi connectivity index (χ1n) is 6.43. The highest BCUT2D eigenvalue weighted by Crippen LogP contribution is 2.26. The number of anilines is 1. The molecule has 0 bridgehead atoms. The molecular formula is C13H22ClN3O2S. The Labute approximate surface area is 126 Å². The zero-order valence-corrected chi connectivity index (χ0v) is 14.1. The highest BCUT2D eigenvalue weighted by atomic mass is 35.5. The fourth-order valence-corrected chi connectivity index (χ4v) is 2.84. The van der Waals surface area contributed by atoms with Crippen LogP contribution in [0, 0.1) is 11.3 Å². The van der Waals surface area contributed by atoms with Gasteiger partial charge in [0.25, 0.3) is 0 Å². The molecule has 0 spiro atoms. The van der Waals surface area contributed by atoms with E-state index in [1.165, 1.54) is 12.3 Å². The van der Waals surface area contributed by atoms with Crippen LogP contribution in [0.5, 0.6) is 0 Å². The molecule has 1 rings (SSSR count). The quantitative estimate of drug-likeness (QED) is 0.845. The summed E-state index contributed by atoms with van der Waals surface area (Å²) in [6, 6.07) is 1.39. The van der Waals surface area contributed by atoms with Crippen LogP contribution in [0.1, 0.15) is 27.7 Å². The summed E-state index contributed by atoms with van der Waals surface area (Å²) in [4.78, 5) is 4.05. The predicted molar refractivity (Wildman–Crippen MR) is 82.6 cm³/mol. The second-order valence-electron chi connectivity index (χ2n) is 5.72. The molecule has 1 aromatic rings. The topological polar surface area (TPSA) is 71.1 Å². The fourth-order valence-electron chi connectivity index (χ4n) is 1.32. The van der Waals surface area contributed by atoms with Gasteiger partial charge in [0, 0.05) is 19.8 Å². The van der Waals surface area contributed by atoms with Crippen LogP contribution in [-0.4, -0.2) is 27.0 Å². The van der Waals surface area contributed by atoms with Crippen molar-refractivity contribution < 1.29 is 8.42 Å². The summed E-state index contributed by atoms with van der Waals surface area (Å²) in [7, 11) is -1.93. The van der Waals surface area contributed by atoms with Gasteiger partial charge in [-0.05, 0) is 17.4 Å². The van der Waals surface area contributed by atoms with Gasteiger partial charge in [0.1, 0.15) is 10.7 Å². The van der Waals surface area contributed by atoms with Crippen molar-refractivity contribution in [2.45, 2.75) is 32.6 Å². The predicted octanol–water partition coefficient (Wildman–Crippen LogP) is 2.74. The van der Waals surface area contributed by atoms with Gasteiger partial charge in [-0.3, -0.25) is 0 Å². The Morgan fingerprint density at radius 2 is 2.00 bits per heavy atom. The summed E-state index contributed by atoms with van der Waals surface area (Å²) in [5, 5.41) is 3.06. The van der Waals surface area contributed by atoms with Crippen LogP contribution >= 0.6 is 11.6 Å². The molecule has 114 valence electrons. The molecule has 0 amide bonds. The molecule has 0 saturated carbocycles. The zero-order valence-electron chi connectivity index (χ0n) is 12.5. The maximum atomic E-state index is 12.2. The fraction of sp³-hybridized carbons (Fsp3) is 0.615. The van der Waals surface area contributed by atoms with Crippen molar-refractivity contribution in [3.05, 3.63) is 17.3 Å². The van der Waals surface area contributed by atoms with Crippen molar-refractivity contribution in [2.24, 2.45) is 11.3 Å². The van der Waals surface area contributed by atoms with Gasteiger partial charge in [0.2, 0.25) is 10.0 Å². The minimum atomic E-state index is -3.60. The number of rotatable bonds is 6. The lowest BCUT2D eigenvalue weighted by molar-refractivity contribution is 0.252. The Bertz CT molecular complexity index is 571. The van der Waals surface area contributed by atoms with E-state index in [9.17, 15) is 8.42 Å². The summed E-state index contributed by atoms with van der Waals surface area (Å²) >= 11 is 5.96. The molecule has 0 aromatic carbocycles. The van der Waals surface area contributed by atoms with Crippen molar-refractivity contribution in [3.8, 4) is 0 Å². The molecule has 2 N–H and O–H groups in total. The molecule has 0 atom stereocenters. The smallest absolute Gasteiger partial charge is 0.242 e. The number of hydrogen-bond acceptors (Lipinski definition) is 4. The van der Waals surface area contributed by atoms with Crippen molar-refractivity contribution >= 4 is 27.4 Å². The standard InChI is InChI=1S/C13H22ClN3O2S/c1-9(2)13(3,4)8-17-20(18,19)10-6-11(14)12(15-5)16-7-10/h6-7,9,17H,8H2,1-5H3,(H,15,16). The summed E-state index contributed by atoms with van der Waals surface area (Å²) in [5.41, 5.74) is -0.130. The summed E-state index contributed by atoms with van der Waals surface area (Å²) in [6.07, 6.45) is 1.29. The Morgan fingerprint density at radius 1 is 1.40 bits per heavy atom. The van der Waals surface area contributed by atoms with Crippen LogP contribution < -0.4 is 10.0 Å². The van der Waals surface area contributed by atoms with Crippen molar-refractivity contribution in [3.63, 3.8) is 0 Å². The molecule has 5 nitrogen and oxygen atoms in total. The Morgan fingerprint density at radius 3 is 2.45 bits per heavy atom. The lowest BCUT2D eigenvalue weighted by Gasteiger charge is -2.29. The first-order chi connectivity index (χ1) is 9.10. The number of halogens is 1. The first-order valence-corrected chi connectivity index (χ1v) is 8.29. The lowest BCUT2D eigenvalue weighted by Crippen LogP contribution is -2.37. The number of pyridine rings is 1. The first kappa shape index (κ1) is 17.2. The zero-order chi connectivity index (χ0) is 15.6. The molecule has 1 aromatic heterocycles.